The van der Waals surface area contributed by atoms with Gasteiger partial charge in [0, 0.05) is 22.1 Å². The van der Waals surface area contributed by atoms with Crippen molar-refractivity contribution in [2.24, 2.45) is 0 Å². The minimum absolute atomic E-state index is 0.142. The van der Waals surface area contributed by atoms with Crippen molar-refractivity contribution in [3.8, 4) is 0 Å². The molecule has 0 aliphatic rings. The van der Waals surface area contributed by atoms with Crippen LogP contribution in [0, 0.1) is 0 Å². The van der Waals surface area contributed by atoms with Gasteiger partial charge in [-0.25, -0.2) is 10.2 Å². The monoisotopic (exact) mass is 446 g/mol. The highest BCUT2D eigenvalue weighted by Crippen LogP contribution is 2.18. The van der Waals surface area contributed by atoms with Crippen molar-refractivity contribution >= 4 is 52.5 Å². The van der Waals surface area contributed by atoms with Crippen LogP contribution < -0.4 is 26.8 Å². The first kappa shape index (κ1) is 20.9. The zero-order valence-corrected chi connectivity index (χ0v) is 17.5. The molecule has 1 aromatic heterocycles. The van der Waals surface area contributed by atoms with Crippen LogP contribution in [0.25, 0.3) is 0 Å². The quantitative estimate of drug-likeness (QED) is 0.249. The van der Waals surface area contributed by atoms with Gasteiger partial charge in [-0.2, -0.15) is 15.0 Å². The van der Waals surface area contributed by atoms with Crippen LogP contribution in [-0.2, 0) is 0 Å². The van der Waals surface area contributed by atoms with Gasteiger partial charge in [-0.05, 0) is 48.5 Å². The van der Waals surface area contributed by atoms with Crippen LogP contribution in [0.1, 0.15) is 0 Å². The average Bonchev–Trinajstić information content (AvgIpc) is 2.80. The molecule has 32 heavy (non-hydrogen) atoms. The summed E-state index contributed by atoms with van der Waals surface area (Å²) in [6.45, 7) is 0. The van der Waals surface area contributed by atoms with E-state index in [2.05, 4.69) is 41.8 Å². The molecule has 0 fully saturated rings. The minimum Gasteiger partial charge on any atom is -0.324 e. The lowest BCUT2D eigenvalue weighted by Gasteiger charge is -2.12. The van der Waals surface area contributed by atoms with Gasteiger partial charge in [0.2, 0.25) is 17.8 Å². The molecule has 0 aliphatic carbocycles. The Morgan fingerprint density at radius 1 is 0.625 bits per heavy atom. The Labute approximate surface area is 189 Å². The van der Waals surface area contributed by atoms with E-state index in [0.717, 1.165) is 11.4 Å². The van der Waals surface area contributed by atoms with E-state index in [1.54, 1.807) is 24.3 Å². The zero-order chi connectivity index (χ0) is 22.2. The maximum atomic E-state index is 12.2. The number of amides is 2. The molecule has 1 heterocycles. The van der Waals surface area contributed by atoms with Gasteiger partial charge in [0.25, 0.3) is 0 Å². The first-order valence-electron chi connectivity index (χ1n) is 9.63. The van der Waals surface area contributed by atoms with E-state index in [1.165, 1.54) is 0 Å². The third-order valence-electron chi connectivity index (χ3n) is 4.09. The van der Waals surface area contributed by atoms with Crippen molar-refractivity contribution in [3.63, 3.8) is 0 Å². The Balaban J connectivity index is 1.48. The van der Waals surface area contributed by atoms with E-state index in [-0.39, 0.29) is 5.95 Å². The molecule has 0 bridgehead atoms. The normalized spacial score (nSPS) is 10.2. The van der Waals surface area contributed by atoms with Gasteiger partial charge in [-0.15, -0.1) is 0 Å². The standard InChI is InChI=1S/C22H19ClN8O/c23-15-11-13-18(14-12-15)26-22(32)31-30-21-28-19(24-16-7-3-1-4-8-16)27-20(29-21)25-17-9-5-2-6-10-17/h1-14H,(H2,26,31,32)(H3,24,25,27,28,29,30). The second-order valence-corrected chi connectivity index (χ2v) is 6.94. The van der Waals surface area contributed by atoms with Gasteiger partial charge in [0.15, 0.2) is 0 Å². The van der Waals surface area contributed by atoms with Crippen LogP contribution in [0.5, 0.6) is 0 Å². The van der Waals surface area contributed by atoms with Crippen LogP contribution in [0.2, 0.25) is 5.02 Å². The van der Waals surface area contributed by atoms with Crippen LogP contribution in [-0.4, -0.2) is 21.0 Å². The number of carbonyl (C=O) groups excluding carboxylic acids is 1. The fourth-order valence-corrected chi connectivity index (χ4v) is 2.78. The number of carbonyl (C=O) groups is 1. The summed E-state index contributed by atoms with van der Waals surface area (Å²) in [6, 6.07) is 25.2. The van der Waals surface area contributed by atoms with E-state index >= 15 is 0 Å². The van der Waals surface area contributed by atoms with E-state index in [9.17, 15) is 4.79 Å². The maximum Gasteiger partial charge on any atom is 0.337 e. The van der Waals surface area contributed by atoms with Gasteiger partial charge in [-0.3, -0.25) is 5.43 Å². The Hall–Kier alpha value is -4.37. The molecule has 10 heteroatoms. The van der Waals surface area contributed by atoms with Crippen molar-refractivity contribution in [1.29, 1.82) is 0 Å². The second kappa shape index (κ2) is 10.1. The highest BCUT2D eigenvalue weighted by molar-refractivity contribution is 6.30. The third-order valence-corrected chi connectivity index (χ3v) is 4.34. The van der Waals surface area contributed by atoms with E-state index in [0.29, 0.717) is 22.6 Å². The number of urea groups is 1. The lowest BCUT2D eigenvalue weighted by molar-refractivity contribution is 0.253. The molecule has 0 unspecified atom stereocenters. The molecular weight excluding hydrogens is 428 g/mol. The van der Waals surface area contributed by atoms with Crippen molar-refractivity contribution in [3.05, 3.63) is 90.0 Å². The van der Waals surface area contributed by atoms with Crippen LogP contribution in [0.4, 0.5) is 39.7 Å². The number of anilines is 6. The molecule has 4 aromatic rings. The van der Waals surface area contributed by atoms with Gasteiger partial charge >= 0.3 is 6.03 Å². The Morgan fingerprint density at radius 3 is 1.66 bits per heavy atom. The fourth-order valence-electron chi connectivity index (χ4n) is 2.65. The van der Waals surface area contributed by atoms with Gasteiger partial charge in [0.1, 0.15) is 0 Å². The number of halogens is 1. The van der Waals surface area contributed by atoms with Gasteiger partial charge in [-0.1, -0.05) is 48.0 Å². The van der Waals surface area contributed by atoms with Gasteiger partial charge in [0.05, 0.1) is 0 Å². The fraction of sp³-hybridized carbons (Fsp3) is 0. The van der Waals surface area contributed by atoms with E-state index in [4.69, 9.17) is 11.6 Å². The molecule has 0 spiro atoms. The number of benzene rings is 3. The molecule has 0 radical (unpaired) electrons. The molecule has 5 N–H and O–H groups in total. The minimum atomic E-state index is -0.497. The number of hydrogen-bond donors (Lipinski definition) is 5. The molecule has 9 nitrogen and oxygen atoms in total. The number of hydrazine groups is 1. The Morgan fingerprint density at radius 2 is 1.12 bits per heavy atom. The molecule has 2 amide bonds. The summed E-state index contributed by atoms with van der Waals surface area (Å²) in [7, 11) is 0. The molecule has 0 atom stereocenters. The molecular formula is C22H19ClN8O. The van der Waals surface area contributed by atoms with Crippen molar-refractivity contribution < 1.29 is 4.79 Å². The summed E-state index contributed by atoms with van der Waals surface area (Å²) in [4.78, 5) is 25.2. The summed E-state index contributed by atoms with van der Waals surface area (Å²) in [5.74, 6) is 0.738. The van der Waals surface area contributed by atoms with Crippen LogP contribution in [0.15, 0.2) is 84.9 Å². The van der Waals surface area contributed by atoms with E-state index in [1.807, 2.05) is 60.7 Å². The zero-order valence-electron chi connectivity index (χ0n) is 16.7. The molecule has 0 saturated carbocycles. The molecule has 0 aliphatic heterocycles. The number of para-hydroxylation sites is 2. The smallest absolute Gasteiger partial charge is 0.324 e. The Bertz CT molecular complexity index is 1110. The third kappa shape index (κ3) is 6.07. The maximum absolute atomic E-state index is 12.2. The van der Waals surface area contributed by atoms with Crippen molar-refractivity contribution in [1.82, 2.24) is 20.4 Å². The molecule has 3 aromatic carbocycles. The van der Waals surface area contributed by atoms with Crippen molar-refractivity contribution in [2.45, 2.75) is 0 Å². The molecule has 4 rings (SSSR count). The second-order valence-electron chi connectivity index (χ2n) is 6.50. The predicted molar refractivity (Wildman–Crippen MR) is 127 cm³/mol. The predicted octanol–water partition coefficient (Wildman–Crippen LogP) is 5.16. The summed E-state index contributed by atoms with van der Waals surface area (Å²) in [6.07, 6.45) is 0. The number of nitrogens with one attached hydrogen (secondary N) is 5. The summed E-state index contributed by atoms with van der Waals surface area (Å²) >= 11 is 5.86. The molecule has 160 valence electrons. The van der Waals surface area contributed by atoms with Crippen LogP contribution >= 0.6 is 11.6 Å². The summed E-state index contributed by atoms with van der Waals surface area (Å²) in [5.41, 5.74) is 7.40. The first-order valence-corrected chi connectivity index (χ1v) is 10.0. The van der Waals surface area contributed by atoms with Gasteiger partial charge < -0.3 is 16.0 Å². The SMILES string of the molecule is O=C(NNc1nc(Nc2ccccc2)nc(Nc2ccccc2)n1)Nc1ccc(Cl)cc1. The highest BCUT2D eigenvalue weighted by Gasteiger charge is 2.09. The molecule has 0 saturated heterocycles. The number of nitrogens with zero attached hydrogens (tertiary/aromatic N) is 3. The number of hydrogen-bond acceptors (Lipinski definition) is 7. The first-order chi connectivity index (χ1) is 15.6. The van der Waals surface area contributed by atoms with Crippen LogP contribution in [0.3, 0.4) is 0 Å². The Kier molecular flexibility index (Phi) is 6.59. The summed E-state index contributed by atoms with van der Waals surface area (Å²) < 4.78 is 0. The number of rotatable bonds is 7. The highest BCUT2D eigenvalue weighted by atomic mass is 35.5. The topological polar surface area (TPSA) is 116 Å². The average molecular weight is 447 g/mol. The summed E-state index contributed by atoms with van der Waals surface area (Å²) in [5, 5.41) is 9.49. The lowest BCUT2D eigenvalue weighted by atomic mass is 10.3. The largest absolute Gasteiger partial charge is 0.337 e. The van der Waals surface area contributed by atoms with Crippen molar-refractivity contribution in [2.75, 3.05) is 21.4 Å². The van der Waals surface area contributed by atoms with E-state index < -0.39 is 6.03 Å². The number of aromatic nitrogens is 3. The lowest BCUT2D eigenvalue weighted by Crippen LogP contribution is -2.34.